The van der Waals surface area contributed by atoms with Gasteiger partial charge in [0.15, 0.2) is 0 Å². The number of aromatic nitrogens is 2. The van der Waals surface area contributed by atoms with Crippen LogP contribution in [0.25, 0.3) is 0 Å². The summed E-state index contributed by atoms with van der Waals surface area (Å²) in [6.45, 7) is 5.32. The molecule has 0 radical (unpaired) electrons. The molecule has 0 atom stereocenters. The summed E-state index contributed by atoms with van der Waals surface area (Å²) in [5.74, 6) is 1.30. The Morgan fingerprint density at radius 1 is 1.60 bits per heavy atom. The minimum Gasteiger partial charge on any atom is -1.00 e. The highest BCUT2D eigenvalue weighted by Crippen LogP contribution is 1.86. The van der Waals surface area contributed by atoms with Crippen LogP contribution in [0.5, 0.6) is 0 Å². The van der Waals surface area contributed by atoms with Gasteiger partial charge in [0.1, 0.15) is 12.4 Å². The van der Waals surface area contributed by atoms with Crippen molar-refractivity contribution in [3.05, 3.63) is 18.2 Å². The van der Waals surface area contributed by atoms with Crippen molar-refractivity contribution in [2.45, 2.75) is 20.4 Å². The van der Waals surface area contributed by atoms with Gasteiger partial charge in [0, 0.05) is 6.92 Å². The van der Waals surface area contributed by atoms with Gasteiger partial charge in [-0.15, -0.1) is 0 Å². The molecule has 0 N–H and O–H groups in total. The van der Waals surface area contributed by atoms with E-state index in [1.54, 1.807) is 0 Å². The third-order valence-corrected chi connectivity index (χ3v) is 1.74. The molecule has 1 rings (SSSR count). The van der Waals surface area contributed by atoms with Crippen LogP contribution in [-0.2, 0) is 13.6 Å². The molecule has 0 aromatic carbocycles. The van der Waals surface area contributed by atoms with E-state index in [2.05, 4.69) is 42.4 Å². The minimum atomic E-state index is 0. The van der Waals surface area contributed by atoms with Gasteiger partial charge in [-0.2, -0.15) is 0 Å². The lowest BCUT2D eigenvalue weighted by atomic mass is 10.6. The first-order chi connectivity index (χ1) is 4.25. The lowest BCUT2D eigenvalue weighted by molar-refractivity contribution is -0.699. The first-order valence-corrected chi connectivity index (χ1v) is 3.27. The Hall–Kier alpha value is -0.500. The Morgan fingerprint density at radius 2 is 2.20 bits per heavy atom. The fourth-order valence-corrected chi connectivity index (χ4v) is 0.933. The Labute approximate surface area is 67.9 Å². The van der Waals surface area contributed by atoms with E-state index >= 15 is 0 Å². The molecule has 1 aromatic heterocycles. The van der Waals surface area contributed by atoms with Gasteiger partial charge < -0.3 is 12.4 Å². The first-order valence-electron chi connectivity index (χ1n) is 3.27. The zero-order chi connectivity index (χ0) is 6.85. The standard InChI is InChI=1S/C7H13N2.ClH/c1-4-9-6-5-8(3)7(9)2;/h5-6H,4H2,1-3H3;1H/q+1;/p-1. The largest absolute Gasteiger partial charge is 1.00 e. The second kappa shape index (κ2) is 3.62. The Balaban J connectivity index is 0.000000810. The fraction of sp³-hybridized carbons (Fsp3) is 0.571. The van der Waals surface area contributed by atoms with Gasteiger partial charge in [-0.3, -0.25) is 0 Å². The van der Waals surface area contributed by atoms with Gasteiger partial charge in [0.05, 0.1) is 13.6 Å². The van der Waals surface area contributed by atoms with Crippen LogP contribution >= 0.6 is 0 Å². The molecule has 0 unspecified atom stereocenters. The third kappa shape index (κ3) is 1.51. The van der Waals surface area contributed by atoms with Crippen molar-refractivity contribution in [3.8, 4) is 0 Å². The number of hydrogen-bond acceptors (Lipinski definition) is 0. The predicted molar refractivity (Wildman–Crippen MR) is 36.0 cm³/mol. The first kappa shape index (κ1) is 9.50. The summed E-state index contributed by atoms with van der Waals surface area (Å²) in [7, 11) is 2.06. The van der Waals surface area contributed by atoms with Gasteiger partial charge in [-0.1, -0.05) is 0 Å². The van der Waals surface area contributed by atoms with Crippen LogP contribution in [0.4, 0.5) is 0 Å². The molecule has 0 fully saturated rings. The van der Waals surface area contributed by atoms with E-state index in [4.69, 9.17) is 0 Å². The molecule has 0 bridgehead atoms. The Bertz CT molecular complexity index is 205. The molecule has 1 aromatic rings. The summed E-state index contributed by atoms with van der Waals surface area (Å²) >= 11 is 0. The van der Waals surface area contributed by atoms with Gasteiger partial charge in [-0.05, 0) is 6.92 Å². The van der Waals surface area contributed by atoms with Crippen molar-refractivity contribution in [1.29, 1.82) is 0 Å². The molecule has 58 valence electrons. The van der Waals surface area contributed by atoms with E-state index in [0.29, 0.717) is 0 Å². The maximum Gasteiger partial charge on any atom is 0.252 e. The second-order valence-corrected chi connectivity index (χ2v) is 2.24. The number of imidazole rings is 1. The zero-order valence-electron chi connectivity index (χ0n) is 6.63. The van der Waals surface area contributed by atoms with Crippen LogP contribution in [0.15, 0.2) is 12.4 Å². The van der Waals surface area contributed by atoms with Crippen molar-refractivity contribution >= 4 is 0 Å². The zero-order valence-corrected chi connectivity index (χ0v) is 7.39. The average Bonchev–Trinajstić information content (AvgIpc) is 2.15. The normalized spacial score (nSPS) is 9.10. The van der Waals surface area contributed by atoms with Crippen molar-refractivity contribution < 1.29 is 17.0 Å². The molecule has 0 aliphatic rings. The quantitative estimate of drug-likeness (QED) is 0.407. The predicted octanol–water partition coefficient (Wildman–Crippen LogP) is -2.36. The SMILES string of the molecule is CC[n+]1ccn(C)c1C.[Cl-]. The molecule has 0 spiro atoms. The molecule has 0 saturated heterocycles. The monoisotopic (exact) mass is 160 g/mol. The van der Waals surface area contributed by atoms with Gasteiger partial charge >= 0.3 is 0 Å². The maximum atomic E-state index is 2.21. The minimum absolute atomic E-state index is 0. The van der Waals surface area contributed by atoms with Crippen molar-refractivity contribution in [3.63, 3.8) is 0 Å². The summed E-state index contributed by atoms with van der Waals surface area (Å²) in [6.07, 6.45) is 4.16. The molecule has 0 amide bonds. The van der Waals surface area contributed by atoms with Crippen LogP contribution in [0.1, 0.15) is 12.7 Å². The van der Waals surface area contributed by atoms with Gasteiger partial charge in [-0.25, -0.2) is 9.13 Å². The molecule has 2 nitrogen and oxygen atoms in total. The lowest BCUT2D eigenvalue weighted by Crippen LogP contribution is -3.00. The number of halogens is 1. The van der Waals surface area contributed by atoms with E-state index in [1.165, 1.54) is 5.82 Å². The van der Waals surface area contributed by atoms with E-state index in [0.717, 1.165) is 6.54 Å². The van der Waals surface area contributed by atoms with Gasteiger partial charge in [0.2, 0.25) is 0 Å². The van der Waals surface area contributed by atoms with E-state index < -0.39 is 0 Å². The molecule has 0 saturated carbocycles. The van der Waals surface area contributed by atoms with Gasteiger partial charge in [0.25, 0.3) is 5.82 Å². The average molecular weight is 161 g/mol. The summed E-state index contributed by atoms with van der Waals surface area (Å²) < 4.78 is 4.32. The molecule has 10 heavy (non-hydrogen) atoms. The summed E-state index contributed by atoms with van der Waals surface area (Å²) in [4.78, 5) is 0. The molecule has 3 heteroatoms. The summed E-state index contributed by atoms with van der Waals surface area (Å²) in [5.41, 5.74) is 0. The van der Waals surface area contributed by atoms with Crippen molar-refractivity contribution in [2.24, 2.45) is 7.05 Å². The lowest BCUT2D eigenvalue weighted by Gasteiger charge is -1.90. The number of rotatable bonds is 1. The highest BCUT2D eigenvalue weighted by atomic mass is 35.5. The van der Waals surface area contributed by atoms with E-state index in [-0.39, 0.29) is 12.4 Å². The third-order valence-electron chi connectivity index (χ3n) is 1.74. The van der Waals surface area contributed by atoms with Crippen LogP contribution in [0, 0.1) is 6.92 Å². The summed E-state index contributed by atoms with van der Waals surface area (Å²) in [6, 6.07) is 0. The summed E-state index contributed by atoms with van der Waals surface area (Å²) in [5, 5.41) is 0. The molecule has 0 aliphatic carbocycles. The van der Waals surface area contributed by atoms with E-state index in [1.807, 2.05) is 0 Å². The Morgan fingerprint density at radius 3 is 2.40 bits per heavy atom. The van der Waals surface area contributed by atoms with Crippen molar-refractivity contribution in [1.82, 2.24) is 4.57 Å². The molecular formula is C7H13ClN2. The topological polar surface area (TPSA) is 8.81 Å². The van der Waals surface area contributed by atoms with Crippen LogP contribution in [-0.4, -0.2) is 4.57 Å². The number of hydrogen-bond donors (Lipinski definition) is 0. The fourth-order valence-electron chi connectivity index (χ4n) is 0.933. The second-order valence-electron chi connectivity index (χ2n) is 2.24. The highest BCUT2D eigenvalue weighted by Gasteiger charge is 2.03. The smallest absolute Gasteiger partial charge is 0.252 e. The highest BCUT2D eigenvalue weighted by molar-refractivity contribution is 4.76. The number of nitrogens with zero attached hydrogens (tertiary/aromatic N) is 2. The molecular weight excluding hydrogens is 148 g/mol. The molecule has 1 heterocycles. The van der Waals surface area contributed by atoms with Crippen LogP contribution in [0.2, 0.25) is 0 Å². The Kier molecular flexibility index (Phi) is 3.43. The van der Waals surface area contributed by atoms with E-state index in [9.17, 15) is 0 Å². The van der Waals surface area contributed by atoms with Crippen molar-refractivity contribution in [2.75, 3.05) is 0 Å². The van der Waals surface area contributed by atoms with Crippen LogP contribution in [0.3, 0.4) is 0 Å². The number of aryl methyl sites for hydroxylation is 2. The maximum absolute atomic E-state index is 2.21. The molecule has 0 aliphatic heterocycles. The van der Waals surface area contributed by atoms with Crippen LogP contribution < -0.4 is 17.0 Å².